The van der Waals surface area contributed by atoms with Crippen LogP contribution in [0.3, 0.4) is 0 Å². The summed E-state index contributed by atoms with van der Waals surface area (Å²) in [5.41, 5.74) is 0. The van der Waals surface area contributed by atoms with Crippen molar-refractivity contribution in [3.63, 3.8) is 0 Å². The van der Waals surface area contributed by atoms with Gasteiger partial charge in [0.05, 0.1) is 0 Å². The minimum Gasteiger partial charge on any atom is -0.0654 e. The third kappa shape index (κ3) is 28.3. The molecule has 0 aromatic heterocycles. The van der Waals surface area contributed by atoms with Gasteiger partial charge in [0.25, 0.3) is 0 Å². The van der Waals surface area contributed by atoms with Crippen molar-refractivity contribution in [3.05, 3.63) is 0 Å². The van der Waals surface area contributed by atoms with E-state index in [1.807, 2.05) is 0 Å². The molecule has 0 aliphatic rings. The molecular weight excluding hydrogens is 487 g/mol. The number of rotatable bonds is 34. The zero-order chi connectivity index (χ0) is 28.5. The van der Waals surface area contributed by atoms with E-state index in [9.17, 15) is 0 Å². The summed E-state index contributed by atoms with van der Waals surface area (Å²) in [6.07, 6.45) is 51.2. The summed E-state index contributed by atoms with van der Waals surface area (Å²) in [5.74, 6) is 0. The van der Waals surface area contributed by atoms with Gasteiger partial charge in [-0.05, 0) is 0 Å². The first-order valence-corrected chi connectivity index (χ1v) is 22.1. The molecule has 0 fully saturated rings. The second-order valence-corrected chi connectivity index (χ2v) is 18.7. The zero-order valence-corrected chi connectivity index (χ0v) is 29.5. The van der Waals surface area contributed by atoms with E-state index in [0.717, 1.165) is 0 Å². The standard InChI is InChI=1S/C38H81P/c1-5-9-13-15-17-19-21-23-25-27-29-31-33-37-39(35-11-7-3,36-12-8-4)38-34-32-30-28-26-24-22-20-18-16-14-10-6-2/h39H,5-38H2,1-4H3. The fourth-order valence-electron chi connectivity index (χ4n) is 6.89. The zero-order valence-electron chi connectivity index (χ0n) is 28.5. The van der Waals surface area contributed by atoms with Gasteiger partial charge in [-0.1, -0.05) is 39.5 Å². The Morgan fingerprint density at radius 1 is 0.205 bits per heavy atom. The van der Waals surface area contributed by atoms with Crippen molar-refractivity contribution in [2.75, 3.05) is 24.6 Å². The van der Waals surface area contributed by atoms with Crippen molar-refractivity contribution < 1.29 is 0 Å². The molecule has 0 saturated heterocycles. The SMILES string of the molecule is CCCCCCCCCCCCCCC[PH](CCCC)(CCCC)CCCCCCCCCCCCCCC. The minimum absolute atomic E-state index is 1.04. The van der Waals surface area contributed by atoms with Crippen LogP contribution in [0, 0.1) is 0 Å². The molecular formula is C38H81P. The van der Waals surface area contributed by atoms with Gasteiger partial charge < -0.3 is 0 Å². The second-order valence-electron chi connectivity index (χ2n) is 13.7. The molecule has 0 radical (unpaired) electrons. The van der Waals surface area contributed by atoms with Gasteiger partial charge in [0.1, 0.15) is 0 Å². The summed E-state index contributed by atoms with van der Waals surface area (Å²) < 4.78 is 0. The summed E-state index contributed by atoms with van der Waals surface area (Å²) >= 11 is 0. The van der Waals surface area contributed by atoms with Crippen molar-refractivity contribution >= 4 is 7.26 Å². The Bertz CT molecular complexity index is 390. The van der Waals surface area contributed by atoms with Crippen LogP contribution in [0.5, 0.6) is 0 Å². The number of hydrogen-bond donors (Lipinski definition) is 0. The van der Waals surface area contributed by atoms with Crippen LogP contribution in [-0.4, -0.2) is 24.6 Å². The fraction of sp³-hybridized carbons (Fsp3) is 1.00. The van der Waals surface area contributed by atoms with Gasteiger partial charge in [0, 0.05) is 0 Å². The summed E-state index contributed by atoms with van der Waals surface area (Å²) in [6.45, 7) is 9.49. The molecule has 0 aliphatic heterocycles. The minimum atomic E-state index is -1.04. The number of hydrogen-bond acceptors (Lipinski definition) is 0. The van der Waals surface area contributed by atoms with E-state index in [-0.39, 0.29) is 0 Å². The Labute approximate surface area is 251 Å². The van der Waals surface area contributed by atoms with Crippen molar-refractivity contribution in [2.24, 2.45) is 0 Å². The van der Waals surface area contributed by atoms with E-state index >= 15 is 0 Å². The first kappa shape index (κ1) is 39.4. The number of unbranched alkanes of at least 4 members (excludes halogenated alkanes) is 26. The van der Waals surface area contributed by atoms with Gasteiger partial charge in [-0.25, -0.2) is 0 Å². The topological polar surface area (TPSA) is 0 Å². The van der Waals surface area contributed by atoms with E-state index < -0.39 is 7.26 Å². The van der Waals surface area contributed by atoms with Crippen LogP contribution < -0.4 is 0 Å². The third-order valence-electron chi connectivity index (χ3n) is 9.74. The molecule has 0 atom stereocenters. The molecule has 238 valence electrons. The van der Waals surface area contributed by atoms with Gasteiger partial charge in [-0.2, -0.15) is 0 Å². The van der Waals surface area contributed by atoms with Gasteiger partial charge in [-0.15, -0.1) is 0 Å². The molecule has 0 N–H and O–H groups in total. The Morgan fingerprint density at radius 3 is 0.615 bits per heavy atom. The van der Waals surface area contributed by atoms with Crippen LogP contribution in [0.2, 0.25) is 0 Å². The molecule has 0 nitrogen and oxygen atoms in total. The third-order valence-corrected chi connectivity index (χ3v) is 15.4. The maximum absolute atomic E-state index is 2.43. The molecule has 0 heterocycles. The molecule has 0 rings (SSSR count). The Balaban J connectivity index is 4.02. The van der Waals surface area contributed by atoms with Crippen LogP contribution in [0.4, 0.5) is 0 Å². The van der Waals surface area contributed by atoms with E-state index in [0.29, 0.717) is 0 Å². The maximum atomic E-state index is 2.43. The molecule has 1 heteroatoms. The van der Waals surface area contributed by atoms with Crippen LogP contribution in [0.25, 0.3) is 0 Å². The first-order chi connectivity index (χ1) is 19.2. The van der Waals surface area contributed by atoms with E-state index in [1.165, 1.54) is 180 Å². The summed E-state index contributed by atoms with van der Waals surface area (Å²) in [5, 5.41) is 0. The van der Waals surface area contributed by atoms with Crippen molar-refractivity contribution in [3.8, 4) is 0 Å². The summed E-state index contributed by atoms with van der Waals surface area (Å²) in [4.78, 5) is 0. The predicted molar refractivity (Wildman–Crippen MR) is 189 cm³/mol. The average molecular weight is 569 g/mol. The molecule has 0 bridgehead atoms. The Hall–Kier alpha value is 0.430. The Morgan fingerprint density at radius 2 is 0.385 bits per heavy atom. The molecule has 39 heavy (non-hydrogen) atoms. The molecule has 0 aromatic rings. The molecule has 0 spiro atoms. The molecule has 0 aromatic carbocycles. The first-order valence-electron chi connectivity index (χ1n) is 19.2. The summed E-state index contributed by atoms with van der Waals surface area (Å²) in [6, 6.07) is 0. The van der Waals surface area contributed by atoms with Crippen LogP contribution in [0.15, 0.2) is 0 Å². The van der Waals surface area contributed by atoms with Crippen molar-refractivity contribution in [2.45, 2.75) is 220 Å². The van der Waals surface area contributed by atoms with Crippen LogP contribution >= 0.6 is 7.26 Å². The monoisotopic (exact) mass is 569 g/mol. The second kappa shape index (κ2) is 32.9. The fourth-order valence-corrected chi connectivity index (χ4v) is 12.6. The van der Waals surface area contributed by atoms with E-state index in [2.05, 4.69) is 27.7 Å². The van der Waals surface area contributed by atoms with Crippen LogP contribution in [-0.2, 0) is 0 Å². The molecule has 0 amide bonds. The van der Waals surface area contributed by atoms with Crippen LogP contribution in [0.1, 0.15) is 220 Å². The Kier molecular flexibility index (Phi) is 33.3. The molecule has 0 aliphatic carbocycles. The van der Waals surface area contributed by atoms with Gasteiger partial charge in [0.15, 0.2) is 0 Å². The predicted octanol–water partition coefficient (Wildman–Crippen LogP) is 14.5. The van der Waals surface area contributed by atoms with E-state index in [4.69, 9.17) is 0 Å². The normalized spacial score (nSPS) is 12.4. The molecule has 0 unspecified atom stereocenters. The molecule has 0 saturated carbocycles. The van der Waals surface area contributed by atoms with Gasteiger partial charge in [0.2, 0.25) is 0 Å². The summed E-state index contributed by atoms with van der Waals surface area (Å²) in [7, 11) is -1.04. The van der Waals surface area contributed by atoms with Gasteiger partial charge >= 0.3 is 213 Å². The quantitative estimate of drug-likeness (QED) is 0.0535. The van der Waals surface area contributed by atoms with Gasteiger partial charge in [-0.3, -0.25) is 0 Å². The average Bonchev–Trinajstić information content (AvgIpc) is 2.95. The van der Waals surface area contributed by atoms with Crippen molar-refractivity contribution in [1.82, 2.24) is 0 Å². The van der Waals surface area contributed by atoms with Crippen molar-refractivity contribution in [1.29, 1.82) is 0 Å². The van der Waals surface area contributed by atoms with E-state index in [1.54, 1.807) is 37.5 Å². The smallest absolute Gasteiger partial charge is 0.0654 e.